The van der Waals surface area contributed by atoms with Crippen molar-refractivity contribution in [2.45, 2.75) is 44.7 Å². The van der Waals surface area contributed by atoms with E-state index < -0.39 is 5.41 Å². The Morgan fingerprint density at radius 1 is 1.03 bits per heavy atom. The second-order valence-corrected chi connectivity index (χ2v) is 9.41. The van der Waals surface area contributed by atoms with Crippen LogP contribution < -0.4 is 5.32 Å². The number of hydrogen-bond donors (Lipinski definition) is 1. The summed E-state index contributed by atoms with van der Waals surface area (Å²) in [6.07, 6.45) is 1.34. The van der Waals surface area contributed by atoms with E-state index in [-0.39, 0.29) is 17.9 Å². The van der Waals surface area contributed by atoms with Crippen molar-refractivity contribution in [1.29, 1.82) is 0 Å². The number of amides is 2. The third-order valence-corrected chi connectivity index (χ3v) is 7.09. The fourth-order valence-corrected chi connectivity index (χ4v) is 5.33. The molecular weight excluding hydrogens is 414 g/mol. The molecule has 176 valence electrons. The first-order valence-electron chi connectivity index (χ1n) is 11.9. The number of aryl methyl sites for hydroxylation is 2. The lowest BCUT2D eigenvalue weighted by molar-refractivity contribution is -0.146. The fourth-order valence-electron chi connectivity index (χ4n) is 5.33. The highest BCUT2D eigenvalue weighted by molar-refractivity contribution is 5.90. The second kappa shape index (κ2) is 10.1. The van der Waals surface area contributed by atoms with Gasteiger partial charge in [-0.1, -0.05) is 59.7 Å². The van der Waals surface area contributed by atoms with Crippen LogP contribution in [0.2, 0.25) is 0 Å². The summed E-state index contributed by atoms with van der Waals surface area (Å²) in [6.45, 7) is 7.69. The van der Waals surface area contributed by atoms with Crippen molar-refractivity contribution in [1.82, 2.24) is 15.1 Å². The minimum atomic E-state index is -0.593. The van der Waals surface area contributed by atoms with E-state index >= 15 is 0 Å². The van der Waals surface area contributed by atoms with Gasteiger partial charge in [-0.05, 0) is 37.8 Å². The summed E-state index contributed by atoms with van der Waals surface area (Å²) in [5.41, 5.74) is 3.99. The van der Waals surface area contributed by atoms with Crippen LogP contribution in [0.15, 0.2) is 48.5 Å². The number of hydrogen-bond acceptors (Lipinski definition) is 4. The number of carbonyl (C=O) groups is 2. The van der Waals surface area contributed by atoms with Gasteiger partial charge in [-0.15, -0.1) is 0 Å². The topological polar surface area (TPSA) is 61.9 Å². The van der Waals surface area contributed by atoms with Gasteiger partial charge in [0.1, 0.15) is 6.04 Å². The van der Waals surface area contributed by atoms with Crippen LogP contribution in [0.3, 0.4) is 0 Å². The van der Waals surface area contributed by atoms with Gasteiger partial charge in [-0.3, -0.25) is 14.5 Å². The van der Waals surface area contributed by atoms with E-state index in [0.717, 1.165) is 5.56 Å². The second-order valence-electron chi connectivity index (χ2n) is 9.41. The van der Waals surface area contributed by atoms with E-state index in [2.05, 4.69) is 54.4 Å². The molecule has 0 aliphatic carbocycles. The van der Waals surface area contributed by atoms with Gasteiger partial charge in [0.05, 0.1) is 5.41 Å². The normalized spacial score (nSPS) is 20.9. The number of rotatable bonds is 5. The zero-order chi connectivity index (χ0) is 23.4. The van der Waals surface area contributed by atoms with E-state index in [1.54, 1.807) is 7.05 Å². The standard InChI is InChI=1S/C27H35N3O3/c1-20-15-21(2)17-23(16-20)27(9-13-33-14-10-27)26(32)30-12-11-29(24(19-30)25(31)28-3)18-22-7-5-4-6-8-22/h4-8,15-17,24H,9-14,18-19H2,1-3H3,(H,28,31). The first kappa shape index (κ1) is 23.5. The van der Waals surface area contributed by atoms with Gasteiger partial charge in [0.25, 0.3) is 0 Å². The maximum absolute atomic E-state index is 14.1. The molecule has 4 rings (SSSR count). The third kappa shape index (κ3) is 4.97. The number of carbonyl (C=O) groups excluding carboxylic acids is 2. The van der Waals surface area contributed by atoms with E-state index in [1.807, 2.05) is 23.1 Å². The largest absolute Gasteiger partial charge is 0.381 e. The lowest BCUT2D eigenvalue weighted by Crippen LogP contribution is -2.62. The Bertz CT molecular complexity index is 965. The Kier molecular flexibility index (Phi) is 7.15. The van der Waals surface area contributed by atoms with Gasteiger partial charge < -0.3 is 15.0 Å². The number of nitrogens with one attached hydrogen (secondary N) is 1. The first-order valence-corrected chi connectivity index (χ1v) is 11.9. The zero-order valence-corrected chi connectivity index (χ0v) is 20.0. The molecule has 2 amide bonds. The van der Waals surface area contributed by atoms with Crippen LogP contribution in [-0.4, -0.2) is 67.6 Å². The molecule has 2 aliphatic heterocycles. The number of nitrogens with zero attached hydrogens (tertiary/aromatic N) is 2. The van der Waals surface area contributed by atoms with Crippen molar-refractivity contribution in [2.75, 3.05) is 39.9 Å². The molecule has 2 aliphatic rings. The molecule has 1 atom stereocenters. The van der Waals surface area contributed by atoms with Crippen molar-refractivity contribution < 1.29 is 14.3 Å². The average molecular weight is 450 g/mol. The zero-order valence-electron chi connectivity index (χ0n) is 20.0. The molecule has 2 aromatic carbocycles. The maximum Gasteiger partial charge on any atom is 0.238 e. The molecule has 2 aromatic rings. The van der Waals surface area contributed by atoms with Gasteiger partial charge in [-0.25, -0.2) is 0 Å². The quantitative estimate of drug-likeness (QED) is 0.763. The van der Waals surface area contributed by atoms with Gasteiger partial charge in [0, 0.05) is 46.4 Å². The lowest BCUT2D eigenvalue weighted by Gasteiger charge is -2.45. The van der Waals surface area contributed by atoms with Gasteiger partial charge >= 0.3 is 0 Å². The summed E-state index contributed by atoms with van der Waals surface area (Å²) in [7, 11) is 1.67. The maximum atomic E-state index is 14.1. The molecule has 0 aromatic heterocycles. The molecular formula is C27H35N3O3. The molecule has 0 saturated carbocycles. The molecule has 1 N–H and O–H groups in total. The summed E-state index contributed by atoms with van der Waals surface area (Å²) in [5, 5.41) is 2.81. The van der Waals surface area contributed by atoms with Crippen molar-refractivity contribution in [2.24, 2.45) is 0 Å². The number of benzene rings is 2. The first-order chi connectivity index (χ1) is 15.9. The molecule has 2 saturated heterocycles. The van der Waals surface area contributed by atoms with E-state index in [0.29, 0.717) is 52.2 Å². The number of ether oxygens (including phenoxy) is 1. The van der Waals surface area contributed by atoms with Crippen LogP contribution in [0.25, 0.3) is 0 Å². The van der Waals surface area contributed by atoms with Crippen molar-refractivity contribution in [3.05, 3.63) is 70.8 Å². The van der Waals surface area contributed by atoms with Crippen LogP contribution >= 0.6 is 0 Å². The van der Waals surface area contributed by atoms with E-state index in [4.69, 9.17) is 4.74 Å². The molecule has 2 heterocycles. The van der Waals surface area contributed by atoms with E-state index in [9.17, 15) is 9.59 Å². The summed E-state index contributed by atoms with van der Waals surface area (Å²) in [5.74, 6) is 0.0833. The predicted molar refractivity (Wildman–Crippen MR) is 129 cm³/mol. The Hall–Kier alpha value is -2.70. The average Bonchev–Trinajstić information content (AvgIpc) is 2.84. The summed E-state index contributed by atoms with van der Waals surface area (Å²) >= 11 is 0. The van der Waals surface area contributed by atoms with Gasteiger partial charge in [-0.2, -0.15) is 0 Å². The molecule has 0 spiro atoms. The Morgan fingerprint density at radius 3 is 2.33 bits per heavy atom. The van der Waals surface area contributed by atoms with Crippen LogP contribution in [0, 0.1) is 13.8 Å². The lowest BCUT2D eigenvalue weighted by atomic mass is 9.72. The Labute approximate surface area is 196 Å². The van der Waals surface area contributed by atoms with Crippen molar-refractivity contribution in [3.63, 3.8) is 0 Å². The highest BCUT2D eigenvalue weighted by Gasteiger charge is 2.46. The van der Waals surface area contributed by atoms with Crippen LogP contribution in [0.1, 0.15) is 35.1 Å². The smallest absolute Gasteiger partial charge is 0.238 e. The number of likely N-dealkylation sites (N-methyl/N-ethyl adjacent to an activating group) is 1. The molecule has 1 unspecified atom stereocenters. The van der Waals surface area contributed by atoms with Crippen LogP contribution in [-0.2, 0) is 26.3 Å². The Balaban J connectivity index is 1.60. The van der Waals surface area contributed by atoms with Gasteiger partial charge in [0.2, 0.25) is 11.8 Å². The summed E-state index contributed by atoms with van der Waals surface area (Å²) in [4.78, 5) is 31.1. The fraction of sp³-hybridized carbons (Fsp3) is 0.481. The van der Waals surface area contributed by atoms with Crippen molar-refractivity contribution in [3.8, 4) is 0 Å². The molecule has 6 nitrogen and oxygen atoms in total. The Morgan fingerprint density at radius 2 is 1.70 bits per heavy atom. The minimum Gasteiger partial charge on any atom is -0.381 e. The highest BCUT2D eigenvalue weighted by Crippen LogP contribution is 2.38. The minimum absolute atomic E-state index is 0.0455. The third-order valence-electron chi connectivity index (χ3n) is 7.09. The highest BCUT2D eigenvalue weighted by atomic mass is 16.5. The summed E-state index contributed by atoms with van der Waals surface area (Å²) in [6, 6.07) is 16.3. The molecule has 2 fully saturated rings. The number of piperazine rings is 1. The molecule has 33 heavy (non-hydrogen) atoms. The van der Waals surface area contributed by atoms with E-state index in [1.165, 1.54) is 16.7 Å². The molecule has 6 heteroatoms. The molecule has 0 radical (unpaired) electrons. The SMILES string of the molecule is CNC(=O)C1CN(C(=O)C2(c3cc(C)cc(C)c3)CCOCC2)CCN1Cc1ccccc1. The monoisotopic (exact) mass is 449 g/mol. The summed E-state index contributed by atoms with van der Waals surface area (Å²) < 4.78 is 5.66. The van der Waals surface area contributed by atoms with Crippen molar-refractivity contribution >= 4 is 11.8 Å². The van der Waals surface area contributed by atoms with Crippen LogP contribution in [0.4, 0.5) is 0 Å². The van der Waals surface area contributed by atoms with Gasteiger partial charge in [0.15, 0.2) is 0 Å². The van der Waals surface area contributed by atoms with Crippen LogP contribution in [0.5, 0.6) is 0 Å². The predicted octanol–water partition coefficient (Wildman–Crippen LogP) is 2.81. The molecule has 0 bridgehead atoms.